The monoisotopic (exact) mass is 292 g/mol. The molecule has 2 heterocycles. The highest BCUT2D eigenvalue weighted by Crippen LogP contribution is 2.24. The van der Waals surface area contributed by atoms with Gasteiger partial charge < -0.3 is 16.4 Å². The van der Waals surface area contributed by atoms with Crippen LogP contribution in [-0.2, 0) is 0 Å². The van der Waals surface area contributed by atoms with Gasteiger partial charge in [-0.3, -0.25) is 0 Å². The second-order valence-corrected chi connectivity index (χ2v) is 5.33. The molecule has 0 bridgehead atoms. The van der Waals surface area contributed by atoms with Crippen LogP contribution in [0.2, 0.25) is 0 Å². The van der Waals surface area contributed by atoms with Crippen LogP contribution >= 0.6 is 11.3 Å². The van der Waals surface area contributed by atoms with E-state index in [4.69, 9.17) is 5.73 Å². The van der Waals surface area contributed by atoms with Gasteiger partial charge in [0.25, 0.3) is 0 Å². The predicted octanol–water partition coefficient (Wildman–Crippen LogP) is 2.90. The van der Waals surface area contributed by atoms with E-state index in [-0.39, 0.29) is 12.0 Å². The van der Waals surface area contributed by atoms with E-state index in [1.807, 2.05) is 17.6 Å². The lowest BCUT2D eigenvalue weighted by Gasteiger charge is -2.16. The molecule has 2 rings (SSSR count). The first-order chi connectivity index (χ1) is 9.72. The van der Waals surface area contributed by atoms with E-state index >= 15 is 0 Å². The molecular formula is C13H20N6S. The third kappa shape index (κ3) is 3.80. The summed E-state index contributed by atoms with van der Waals surface area (Å²) < 4.78 is 0. The Hall–Kier alpha value is -1.89. The van der Waals surface area contributed by atoms with Crippen LogP contribution < -0.4 is 16.4 Å². The molecule has 0 aromatic carbocycles. The molecule has 0 aliphatic carbocycles. The molecule has 0 spiro atoms. The highest BCUT2D eigenvalue weighted by molar-refractivity contribution is 7.09. The van der Waals surface area contributed by atoms with Gasteiger partial charge in [0, 0.05) is 24.2 Å². The fraction of sp³-hybridized carbons (Fsp3) is 0.462. The van der Waals surface area contributed by atoms with Crippen molar-refractivity contribution < 1.29 is 0 Å². The second-order valence-electron chi connectivity index (χ2n) is 4.40. The summed E-state index contributed by atoms with van der Waals surface area (Å²) >= 11 is 1.63. The summed E-state index contributed by atoms with van der Waals surface area (Å²) in [7, 11) is 0. The zero-order chi connectivity index (χ0) is 14.4. The largest absolute Gasteiger partial charge is 0.370 e. The number of nitrogens with one attached hydrogen (secondary N) is 2. The van der Waals surface area contributed by atoms with Crippen molar-refractivity contribution in [3.8, 4) is 0 Å². The van der Waals surface area contributed by atoms with Crippen LogP contribution in [0.25, 0.3) is 0 Å². The lowest BCUT2D eigenvalue weighted by molar-refractivity contribution is 0.737. The second kappa shape index (κ2) is 7.04. The zero-order valence-corrected chi connectivity index (χ0v) is 12.6. The van der Waals surface area contributed by atoms with Crippen LogP contribution in [0.15, 0.2) is 17.6 Å². The summed E-state index contributed by atoms with van der Waals surface area (Å²) in [6.45, 7) is 5.08. The third-order valence-electron chi connectivity index (χ3n) is 2.78. The molecule has 0 radical (unpaired) electrons. The van der Waals surface area contributed by atoms with Crippen molar-refractivity contribution in [2.45, 2.75) is 32.7 Å². The van der Waals surface area contributed by atoms with Gasteiger partial charge in [0.2, 0.25) is 5.95 Å². The fourth-order valence-corrected chi connectivity index (χ4v) is 2.58. The van der Waals surface area contributed by atoms with Gasteiger partial charge in [0.1, 0.15) is 16.6 Å². The summed E-state index contributed by atoms with van der Waals surface area (Å²) in [4.78, 5) is 12.7. The maximum atomic E-state index is 5.75. The summed E-state index contributed by atoms with van der Waals surface area (Å²) in [5, 5.41) is 9.61. The van der Waals surface area contributed by atoms with Crippen molar-refractivity contribution in [2.75, 3.05) is 22.9 Å². The summed E-state index contributed by atoms with van der Waals surface area (Å²) in [5.74, 6) is 1.73. The SMILES string of the molecule is CCCNc1cc(NC(CC)c2nccs2)nc(N)n1. The number of nitrogen functional groups attached to an aromatic ring is 1. The van der Waals surface area contributed by atoms with E-state index in [1.54, 1.807) is 11.3 Å². The molecule has 0 aliphatic rings. The number of rotatable bonds is 7. The van der Waals surface area contributed by atoms with Crippen LogP contribution in [-0.4, -0.2) is 21.5 Å². The molecule has 0 saturated carbocycles. The van der Waals surface area contributed by atoms with Gasteiger partial charge in [-0.2, -0.15) is 9.97 Å². The topological polar surface area (TPSA) is 88.8 Å². The van der Waals surface area contributed by atoms with Crippen LogP contribution in [0, 0.1) is 0 Å². The molecule has 108 valence electrons. The highest BCUT2D eigenvalue weighted by Gasteiger charge is 2.13. The Labute approximate surface area is 122 Å². The summed E-state index contributed by atoms with van der Waals surface area (Å²) in [6, 6.07) is 2.02. The molecule has 2 aromatic heterocycles. The van der Waals surface area contributed by atoms with E-state index in [0.29, 0.717) is 0 Å². The standard InChI is InChI=1S/C13H20N6S/c1-3-5-15-10-8-11(19-13(14)18-10)17-9(4-2)12-16-6-7-20-12/h6-9H,3-5H2,1-2H3,(H4,14,15,17,18,19). The molecule has 6 nitrogen and oxygen atoms in total. The van der Waals surface area contributed by atoms with Crippen molar-refractivity contribution in [1.82, 2.24) is 15.0 Å². The maximum absolute atomic E-state index is 5.75. The van der Waals surface area contributed by atoms with E-state index in [0.717, 1.165) is 36.0 Å². The molecule has 0 fully saturated rings. The minimum atomic E-state index is 0.142. The maximum Gasteiger partial charge on any atom is 0.223 e. The van der Waals surface area contributed by atoms with Gasteiger partial charge in [-0.25, -0.2) is 4.98 Å². The average Bonchev–Trinajstić information content (AvgIpc) is 2.96. The number of aromatic nitrogens is 3. The average molecular weight is 292 g/mol. The third-order valence-corrected chi connectivity index (χ3v) is 3.67. The molecule has 20 heavy (non-hydrogen) atoms. The minimum absolute atomic E-state index is 0.142. The van der Waals surface area contributed by atoms with Gasteiger partial charge >= 0.3 is 0 Å². The van der Waals surface area contributed by atoms with E-state index in [2.05, 4.69) is 39.4 Å². The number of hydrogen-bond donors (Lipinski definition) is 3. The smallest absolute Gasteiger partial charge is 0.223 e. The first kappa shape index (κ1) is 14.5. The normalized spacial score (nSPS) is 12.1. The molecule has 0 amide bonds. The quantitative estimate of drug-likeness (QED) is 0.727. The number of anilines is 3. The molecule has 1 atom stereocenters. The molecule has 1 unspecified atom stereocenters. The first-order valence-electron chi connectivity index (χ1n) is 6.77. The number of thiazole rings is 1. The predicted molar refractivity (Wildman–Crippen MR) is 84.0 cm³/mol. The van der Waals surface area contributed by atoms with Crippen molar-refractivity contribution >= 4 is 28.9 Å². The van der Waals surface area contributed by atoms with Gasteiger partial charge in [0.05, 0.1) is 6.04 Å². The molecule has 7 heteroatoms. The molecule has 0 aliphatic heterocycles. The van der Waals surface area contributed by atoms with Crippen LogP contribution in [0.5, 0.6) is 0 Å². The van der Waals surface area contributed by atoms with Crippen LogP contribution in [0.4, 0.5) is 17.6 Å². The van der Waals surface area contributed by atoms with Crippen LogP contribution in [0.1, 0.15) is 37.7 Å². The van der Waals surface area contributed by atoms with E-state index in [1.165, 1.54) is 0 Å². The van der Waals surface area contributed by atoms with Crippen LogP contribution in [0.3, 0.4) is 0 Å². The lowest BCUT2D eigenvalue weighted by Crippen LogP contribution is -2.13. The van der Waals surface area contributed by atoms with Gasteiger partial charge in [-0.15, -0.1) is 11.3 Å². The fourth-order valence-electron chi connectivity index (χ4n) is 1.81. The molecule has 0 saturated heterocycles. The number of nitrogens with two attached hydrogens (primary N) is 1. The Bertz CT molecular complexity index is 528. The Kier molecular flexibility index (Phi) is 5.11. The number of nitrogens with zero attached hydrogens (tertiary/aromatic N) is 3. The van der Waals surface area contributed by atoms with Gasteiger partial charge in [0.15, 0.2) is 0 Å². The Morgan fingerprint density at radius 2 is 2.10 bits per heavy atom. The highest BCUT2D eigenvalue weighted by atomic mass is 32.1. The Morgan fingerprint density at radius 3 is 2.75 bits per heavy atom. The first-order valence-corrected chi connectivity index (χ1v) is 7.65. The Morgan fingerprint density at radius 1 is 1.30 bits per heavy atom. The molecular weight excluding hydrogens is 272 g/mol. The number of hydrogen-bond acceptors (Lipinski definition) is 7. The lowest BCUT2D eigenvalue weighted by atomic mass is 10.2. The van der Waals surface area contributed by atoms with Gasteiger partial charge in [-0.05, 0) is 12.8 Å². The Balaban J connectivity index is 2.13. The van der Waals surface area contributed by atoms with Crippen molar-refractivity contribution in [2.24, 2.45) is 0 Å². The zero-order valence-electron chi connectivity index (χ0n) is 11.8. The minimum Gasteiger partial charge on any atom is -0.370 e. The van der Waals surface area contributed by atoms with E-state index in [9.17, 15) is 0 Å². The van der Waals surface area contributed by atoms with Crippen molar-refractivity contribution in [3.63, 3.8) is 0 Å². The van der Waals surface area contributed by atoms with E-state index < -0.39 is 0 Å². The molecule has 4 N–H and O–H groups in total. The van der Waals surface area contributed by atoms with Crippen molar-refractivity contribution in [1.29, 1.82) is 0 Å². The molecule has 2 aromatic rings. The summed E-state index contributed by atoms with van der Waals surface area (Å²) in [6.07, 6.45) is 3.77. The summed E-state index contributed by atoms with van der Waals surface area (Å²) in [5.41, 5.74) is 5.75. The van der Waals surface area contributed by atoms with Gasteiger partial charge in [-0.1, -0.05) is 13.8 Å². The van der Waals surface area contributed by atoms with Crippen molar-refractivity contribution in [3.05, 3.63) is 22.7 Å².